The smallest absolute Gasteiger partial charge is 0.269 e. The van der Waals surface area contributed by atoms with Crippen molar-refractivity contribution >= 4 is 23.2 Å². The summed E-state index contributed by atoms with van der Waals surface area (Å²) < 4.78 is 4.89. The van der Waals surface area contributed by atoms with Crippen LogP contribution in [0, 0.1) is 0 Å². The summed E-state index contributed by atoms with van der Waals surface area (Å²) in [4.78, 5) is 30.8. The first kappa shape index (κ1) is 20.8. The zero-order valence-corrected chi connectivity index (χ0v) is 16.8. The Kier molecular flexibility index (Phi) is 7.15. The van der Waals surface area contributed by atoms with Gasteiger partial charge in [0.05, 0.1) is 12.2 Å². The van der Waals surface area contributed by atoms with Crippen LogP contribution in [0.25, 0.3) is 0 Å². The molecule has 1 aromatic heterocycles. The van der Waals surface area contributed by atoms with Crippen LogP contribution in [-0.2, 0) is 4.74 Å². The maximum absolute atomic E-state index is 12.4. The van der Waals surface area contributed by atoms with Gasteiger partial charge in [-0.2, -0.15) is 0 Å². The van der Waals surface area contributed by atoms with Gasteiger partial charge in [-0.25, -0.2) is 0 Å². The van der Waals surface area contributed by atoms with Crippen LogP contribution in [0.5, 0.6) is 0 Å². The van der Waals surface area contributed by atoms with E-state index in [-0.39, 0.29) is 17.5 Å². The average molecular weight is 397 g/mol. The summed E-state index contributed by atoms with van der Waals surface area (Å²) in [6, 6.07) is 11.5. The Morgan fingerprint density at radius 1 is 1.17 bits per heavy atom. The zero-order valence-electron chi connectivity index (χ0n) is 16.8. The van der Waals surface area contributed by atoms with Crippen molar-refractivity contribution in [1.29, 1.82) is 0 Å². The molecule has 0 radical (unpaired) electrons. The zero-order chi connectivity index (χ0) is 20.6. The molecule has 29 heavy (non-hydrogen) atoms. The second-order valence-electron chi connectivity index (χ2n) is 6.90. The molecule has 2 aromatic rings. The molecular weight excluding hydrogens is 370 g/mol. The van der Waals surface area contributed by atoms with Crippen LogP contribution in [-0.4, -0.2) is 63.2 Å². The molecular formula is C21H27N5O3. The first-order chi connectivity index (χ1) is 14.1. The predicted molar refractivity (Wildman–Crippen MR) is 113 cm³/mol. The highest BCUT2D eigenvalue weighted by molar-refractivity contribution is 6.04. The number of ether oxygens (including phenoxy) is 1. The number of pyridine rings is 1. The number of carbonyl (C=O) groups excluding carboxylic acids is 2. The number of benzene rings is 1. The van der Waals surface area contributed by atoms with Gasteiger partial charge in [0, 0.05) is 50.4 Å². The molecule has 3 N–H and O–H groups in total. The molecule has 1 aliphatic rings. The van der Waals surface area contributed by atoms with E-state index in [1.807, 2.05) is 31.3 Å². The average Bonchev–Trinajstić information content (AvgIpc) is 3.24. The molecule has 8 nitrogen and oxygen atoms in total. The Labute approximate surface area is 170 Å². The molecule has 1 fully saturated rings. The lowest BCUT2D eigenvalue weighted by Crippen LogP contribution is -2.29. The molecule has 1 aromatic carbocycles. The van der Waals surface area contributed by atoms with Gasteiger partial charge in [0.25, 0.3) is 11.8 Å². The fraction of sp³-hybridized carbons (Fsp3) is 0.381. The van der Waals surface area contributed by atoms with E-state index in [0.29, 0.717) is 30.4 Å². The lowest BCUT2D eigenvalue weighted by Gasteiger charge is -2.19. The molecule has 0 spiro atoms. The Morgan fingerprint density at radius 2 is 1.97 bits per heavy atom. The number of methoxy groups -OCH3 is 1. The minimum absolute atomic E-state index is 0.257. The van der Waals surface area contributed by atoms with Gasteiger partial charge in [-0.15, -0.1) is 0 Å². The van der Waals surface area contributed by atoms with E-state index in [0.717, 1.165) is 25.2 Å². The number of carbonyl (C=O) groups is 2. The molecule has 0 aliphatic carbocycles. The second-order valence-corrected chi connectivity index (χ2v) is 6.90. The van der Waals surface area contributed by atoms with Crippen LogP contribution >= 0.6 is 0 Å². The summed E-state index contributed by atoms with van der Waals surface area (Å²) in [6.45, 7) is 2.84. The third-order valence-electron chi connectivity index (χ3n) is 4.94. The molecule has 8 heteroatoms. The Morgan fingerprint density at radius 3 is 2.59 bits per heavy atom. The maximum atomic E-state index is 12.4. The normalized spacial score (nSPS) is 15.9. The number of aromatic nitrogens is 1. The second kappa shape index (κ2) is 9.99. The molecule has 1 atom stereocenters. The van der Waals surface area contributed by atoms with E-state index in [1.54, 1.807) is 13.2 Å². The topological polar surface area (TPSA) is 95.6 Å². The number of rotatable bonds is 8. The fourth-order valence-corrected chi connectivity index (χ4v) is 3.21. The van der Waals surface area contributed by atoms with Gasteiger partial charge in [0.15, 0.2) is 0 Å². The van der Waals surface area contributed by atoms with Gasteiger partial charge in [0.1, 0.15) is 5.69 Å². The number of anilines is 2. The number of hydrogen-bond donors (Lipinski definition) is 3. The SMILES string of the molecule is CNC1CCN(c2ccc(NC(=O)c3ccc(C(=O)NCCOC)nc3)cc2)C1. The van der Waals surface area contributed by atoms with Crippen LogP contribution < -0.4 is 20.9 Å². The van der Waals surface area contributed by atoms with Crippen LogP contribution in [0.1, 0.15) is 27.3 Å². The summed E-state index contributed by atoms with van der Waals surface area (Å²) in [5.41, 5.74) is 2.50. The summed E-state index contributed by atoms with van der Waals surface area (Å²) in [7, 11) is 3.55. The van der Waals surface area contributed by atoms with Gasteiger partial charge >= 0.3 is 0 Å². The Bertz CT molecular complexity index is 823. The minimum atomic E-state index is -0.299. The molecule has 154 valence electrons. The molecule has 1 saturated heterocycles. The van der Waals surface area contributed by atoms with E-state index in [9.17, 15) is 9.59 Å². The maximum Gasteiger partial charge on any atom is 0.269 e. The number of nitrogens with one attached hydrogen (secondary N) is 3. The first-order valence-electron chi connectivity index (χ1n) is 9.67. The van der Waals surface area contributed by atoms with Crippen molar-refractivity contribution in [1.82, 2.24) is 15.6 Å². The van der Waals surface area contributed by atoms with Crippen LogP contribution in [0.2, 0.25) is 0 Å². The van der Waals surface area contributed by atoms with Gasteiger partial charge in [-0.05, 0) is 49.9 Å². The lowest BCUT2D eigenvalue weighted by atomic mass is 10.2. The lowest BCUT2D eigenvalue weighted by molar-refractivity contribution is 0.0930. The largest absolute Gasteiger partial charge is 0.383 e. The molecule has 0 saturated carbocycles. The van der Waals surface area contributed by atoms with E-state index >= 15 is 0 Å². The standard InChI is InChI=1S/C21H27N5O3/c1-22-17-9-11-26(14-17)18-6-4-16(5-7-18)25-20(27)15-3-8-19(24-13-15)21(28)23-10-12-29-2/h3-8,13,17,22H,9-12,14H2,1-2H3,(H,23,28)(H,25,27). The van der Waals surface area contributed by atoms with E-state index in [1.165, 1.54) is 12.3 Å². The van der Waals surface area contributed by atoms with Crippen molar-refractivity contribution in [2.24, 2.45) is 0 Å². The highest BCUT2D eigenvalue weighted by Gasteiger charge is 2.21. The van der Waals surface area contributed by atoms with E-state index < -0.39 is 0 Å². The van der Waals surface area contributed by atoms with Gasteiger partial charge in [0.2, 0.25) is 0 Å². The number of nitrogens with zero attached hydrogens (tertiary/aromatic N) is 2. The highest BCUT2D eigenvalue weighted by Crippen LogP contribution is 2.22. The monoisotopic (exact) mass is 397 g/mol. The number of hydrogen-bond acceptors (Lipinski definition) is 6. The number of amides is 2. The Balaban J connectivity index is 1.55. The summed E-state index contributed by atoms with van der Waals surface area (Å²) in [5, 5.41) is 8.86. The van der Waals surface area contributed by atoms with Crippen LogP contribution in [0.4, 0.5) is 11.4 Å². The van der Waals surface area contributed by atoms with Crippen molar-refractivity contribution < 1.29 is 14.3 Å². The molecule has 2 amide bonds. The third-order valence-corrected chi connectivity index (χ3v) is 4.94. The van der Waals surface area contributed by atoms with Gasteiger partial charge in [-0.3, -0.25) is 14.6 Å². The van der Waals surface area contributed by atoms with Crippen LogP contribution in [0.15, 0.2) is 42.6 Å². The summed E-state index contributed by atoms with van der Waals surface area (Å²) >= 11 is 0. The van der Waals surface area contributed by atoms with Crippen molar-refractivity contribution in [3.8, 4) is 0 Å². The summed E-state index contributed by atoms with van der Waals surface area (Å²) in [5.74, 6) is -0.569. The van der Waals surface area contributed by atoms with Crippen molar-refractivity contribution in [3.63, 3.8) is 0 Å². The number of likely N-dealkylation sites (N-methyl/N-ethyl adjacent to an activating group) is 1. The highest BCUT2D eigenvalue weighted by atomic mass is 16.5. The van der Waals surface area contributed by atoms with Gasteiger partial charge < -0.3 is 25.6 Å². The van der Waals surface area contributed by atoms with Crippen molar-refractivity contribution in [3.05, 3.63) is 53.9 Å². The third kappa shape index (κ3) is 5.52. The fourth-order valence-electron chi connectivity index (χ4n) is 3.21. The molecule has 1 unspecified atom stereocenters. The Hall–Kier alpha value is -2.97. The predicted octanol–water partition coefficient (Wildman–Crippen LogP) is 1.51. The van der Waals surface area contributed by atoms with Crippen molar-refractivity contribution in [2.45, 2.75) is 12.5 Å². The van der Waals surface area contributed by atoms with Crippen LogP contribution in [0.3, 0.4) is 0 Å². The van der Waals surface area contributed by atoms with Crippen molar-refractivity contribution in [2.75, 3.05) is 50.6 Å². The molecule has 1 aliphatic heterocycles. The molecule has 2 heterocycles. The first-order valence-corrected chi connectivity index (χ1v) is 9.67. The van der Waals surface area contributed by atoms with Gasteiger partial charge in [-0.1, -0.05) is 0 Å². The quantitative estimate of drug-likeness (QED) is 0.585. The minimum Gasteiger partial charge on any atom is -0.383 e. The molecule has 3 rings (SSSR count). The van der Waals surface area contributed by atoms with E-state index in [4.69, 9.17) is 4.74 Å². The van der Waals surface area contributed by atoms with E-state index in [2.05, 4.69) is 25.8 Å². The summed E-state index contributed by atoms with van der Waals surface area (Å²) in [6.07, 6.45) is 2.53. The molecule has 0 bridgehead atoms.